The minimum atomic E-state index is 0.0123. The topological polar surface area (TPSA) is 29.1 Å². The number of hydrogen-bond acceptors (Lipinski definition) is 3. The molecule has 0 spiro atoms. The van der Waals surface area contributed by atoms with Gasteiger partial charge in [-0.05, 0) is 47.2 Å². The summed E-state index contributed by atoms with van der Waals surface area (Å²) >= 11 is 3.30. The molecule has 1 aromatic carbocycles. The summed E-state index contributed by atoms with van der Waals surface area (Å²) in [6.45, 7) is 2.05. The number of amides is 1. The largest absolute Gasteiger partial charge is 0.349 e. The fourth-order valence-electron chi connectivity index (χ4n) is 2.27. The van der Waals surface area contributed by atoms with Gasteiger partial charge in [0.15, 0.2) is 0 Å². The lowest BCUT2D eigenvalue weighted by Gasteiger charge is -2.13. The molecular weight excluding hydrogens is 286 g/mol. The maximum Gasteiger partial charge on any atom is 0.252 e. The molecule has 3 aromatic rings. The number of carbonyl (C=O) groups excluding carboxylic acids is 1. The average molecular weight is 301 g/mol. The first-order chi connectivity index (χ1) is 9.74. The smallest absolute Gasteiger partial charge is 0.252 e. The van der Waals surface area contributed by atoms with Crippen LogP contribution in [0.1, 0.15) is 22.8 Å². The van der Waals surface area contributed by atoms with E-state index in [0.29, 0.717) is 0 Å². The number of hydrogen-bond donors (Lipinski definition) is 1. The number of carbonyl (C=O) groups is 1. The third-order valence-corrected chi connectivity index (χ3v) is 4.94. The quantitative estimate of drug-likeness (QED) is 0.764. The summed E-state index contributed by atoms with van der Waals surface area (Å²) in [6, 6.07) is 10.4. The third kappa shape index (κ3) is 2.76. The Labute approximate surface area is 126 Å². The zero-order chi connectivity index (χ0) is 13.9. The molecule has 1 amide bonds. The molecule has 2 aromatic heterocycles. The summed E-state index contributed by atoms with van der Waals surface area (Å²) in [5, 5.41) is 10.3. The van der Waals surface area contributed by atoms with Crippen molar-refractivity contribution in [2.75, 3.05) is 0 Å². The summed E-state index contributed by atoms with van der Waals surface area (Å²) in [7, 11) is 0. The monoisotopic (exact) mass is 301 g/mol. The molecule has 1 atom stereocenters. The Balaban J connectivity index is 1.70. The van der Waals surface area contributed by atoms with Crippen LogP contribution in [0.3, 0.4) is 0 Å². The van der Waals surface area contributed by atoms with Crippen LogP contribution in [0.4, 0.5) is 0 Å². The van der Waals surface area contributed by atoms with Crippen LogP contribution in [0, 0.1) is 0 Å². The van der Waals surface area contributed by atoms with Crippen LogP contribution >= 0.6 is 22.7 Å². The van der Waals surface area contributed by atoms with E-state index in [9.17, 15) is 4.79 Å². The SMILES string of the molecule is C[C@H](Cc1csc2ccccc12)NC(=O)c1ccsc1. The van der Waals surface area contributed by atoms with Crippen LogP contribution in [0.25, 0.3) is 10.1 Å². The summed E-state index contributed by atoms with van der Waals surface area (Å²) < 4.78 is 1.30. The molecule has 4 heteroatoms. The predicted molar refractivity (Wildman–Crippen MR) is 86.8 cm³/mol. The Kier molecular flexibility index (Phi) is 3.85. The van der Waals surface area contributed by atoms with Gasteiger partial charge in [-0.1, -0.05) is 18.2 Å². The van der Waals surface area contributed by atoms with Crippen molar-refractivity contribution in [3.63, 3.8) is 0 Å². The molecule has 3 rings (SSSR count). The number of benzene rings is 1. The second-order valence-corrected chi connectivity index (χ2v) is 6.54. The van der Waals surface area contributed by atoms with Gasteiger partial charge in [0, 0.05) is 21.7 Å². The lowest BCUT2D eigenvalue weighted by Crippen LogP contribution is -2.33. The number of thiophene rings is 2. The molecular formula is C16H15NOS2. The standard InChI is InChI=1S/C16H15NOS2/c1-11(17-16(18)12-6-7-19-9-12)8-13-10-20-15-5-3-2-4-14(13)15/h2-7,9-11H,8H2,1H3,(H,17,18)/t11-/m1/s1. The Hall–Kier alpha value is -1.65. The Bertz CT molecular complexity index is 715. The third-order valence-electron chi connectivity index (χ3n) is 3.25. The van der Waals surface area contributed by atoms with E-state index in [2.05, 4.69) is 41.9 Å². The van der Waals surface area contributed by atoms with E-state index in [-0.39, 0.29) is 11.9 Å². The van der Waals surface area contributed by atoms with Gasteiger partial charge in [-0.15, -0.1) is 11.3 Å². The second kappa shape index (κ2) is 5.77. The number of nitrogens with one attached hydrogen (secondary N) is 1. The minimum Gasteiger partial charge on any atom is -0.349 e. The van der Waals surface area contributed by atoms with Gasteiger partial charge in [0.2, 0.25) is 0 Å². The van der Waals surface area contributed by atoms with Crippen molar-refractivity contribution in [2.24, 2.45) is 0 Å². The highest BCUT2D eigenvalue weighted by Gasteiger charge is 2.12. The van der Waals surface area contributed by atoms with Crippen LogP contribution in [0.15, 0.2) is 46.5 Å². The molecule has 0 bridgehead atoms. The molecule has 0 fully saturated rings. The number of fused-ring (bicyclic) bond motifs is 1. The summed E-state index contributed by atoms with van der Waals surface area (Å²) in [6.07, 6.45) is 0.861. The van der Waals surface area contributed by atoms with Crippen molar-refractivity contribution in [1.29, 1.82) is 0 Å². The predicted octanol–water partition coefficient (Wildman–Crippen LogP) is 4.32. The molecule has 1 N–H and O–H groups in total. The molecule has 0 aliphatic carbocycles. The maximum atomic E-state index is 12.0. The highest BCUT2D eigenvalue weighted by Crippen LogP contribution is 2.26. The van der Waals surface area contributed by atoms with E-state index in [1.807, 2.05) is 16.8 Å². The maximum absolute atomic E-state index is 12.0. The van der Waals surface area contributed by atoms with Gasteiger partial charge in [0.05, 0.1) is 0 Å². The van der Waals surface area contributed by atoms with E-state index in [0.717, 1.165) is 12.0 Å². The lowest BCUT2D eigenvalue weighted by atomic mass is 10.1. The molecule has 0 aliphatic heterocycles. The molecule has 2 heterocycles. The van der Waals surface area contributed by atoms with Crippen molar-refractivity contribution in [2.45, 2.75) is 19.4 Å². The van der Waals surface area contributed by atoms with Crippen molar-refractivity contribution in [1.82, 2.24) is 5.32 Å². The van der Waals surface area contributed by atoms with Gasteiger partial charge in [0.25, 0.3) is 5.91 Å². The van der Waals surface area contributed by atoms with E-state index in [4.69, 9.17) is 0 Å². The molecule has 0 aliphatic rings. The zero-order valence-corrected chi connectivity index (χ0v) is 12.8. The van der Waals surface area contributed by atoms with Crippen LogP contribution in [0.5, 0.6) is 0 Å². The van der Waals surface area contributed by atoms with Crippen LogP contribution in [-0.4, -0.2) is 11.9 Å². The first kappa shape index (κ1) is 13.3. The van der Waals surface area contributed by atoms with Gasteiger partial charge in [-0.25, -0.2) is 0 Å². The summed E-state index contributed by atoms with van der Waals surface area (Å²) in [5.74, 6) is 0.0123. The van der Waals surface area contributed by atoms with Crippen molar-refractivity contribution in [3.8, 4) is 0 Å². The van der Waals surface area contributed by atoms with Crippen molar-refractivity contribution >= 4 is 38.7 Å². The first-order valence-corrected chi connectivity index (χ1v) is 8.34. The Morgan fingerprint density at radius 3 is 2.90 bits per heavy atom. The van der Waals surface area contributed by atoms with Crippen molar-refractivity contribution < 1.29 is 4.79 Å². The molecule has 0 radical (unpaired) electrons. The van der Waals surface area contributed by atoms with Crippen LogP contribution in [-0.2, 0) is 6.42 Å². The van der Waals surface area contributed by atoms with Gasteiger partial charge in [-0.2, -0.15) is 11.3 Å². The molecule has 2 nitrogen and oxygen atoms in total. The summed E-state index contributed by atoms with van der Waals surface area (Å²) in [4.78, 5) is 12.0. The Morgan fingerprint density at radius 1 is 1.25 bits per heavy atom. The second-order valence-electron chi connectivity index (χ2n) is 4.85. The molecule has 102 valence electrons. The average Bonchev–Trinajstić information content (AvgIpc) is 3.09. The van der Waals surface area contributed by atoms with Gasteiger partial charge >= 0.3 is 0 Å². The van der Waals surface area contributed by atoms with Gasteiger partial charge in [-0.3, -0.25) is 4.79 Å². The van der Waals surface area contributed by atoms with Crippen LogP contribution < -0.4 is 5.32 Å². The van der Waals surface area contributed by atoms with Crippen LogP contribution in [0.2, 0.25) is 0 Å². The van der Waals surface area contributed by atoms with E-state index < -0.39 is 0 Å². The Morgan fingerprint density at radius 2 is 2.10 bits per heavy atom. The van der Waals surface area contributed by atoms with Crippen molar-refractivity contribution in [3.05, 3.63) is 57.6 Å². The molecule has 20 heavy (non-hydrogen) atoms. The molecule has 0 unspecified atom stereocenters. The lowest BCUT2D eigenvalue weighted by molar-refractivity contribution is 0.0940. The fourth-order valence-corrected chi connectivity index (χ4v) is 3.88. The van der Waals surface area contributed by atoms with E-state index in [1.54, 1.807) is 22.7 Å². The highest BCUT2D eigenvalue weighted by atomic mass is 32.1. The minimum absolute atomic E-state index is 0.0123. The normalized spacial score (nSPS) is 12.4. The van der Waals surface area contributed by atoms with E-state index >= 15 is 0 Å². The highest BCUT2D eigenvalue weighted by molar-refractivity contribution is 7.17. The van der Waals surface area contributed by atoms with Gasteiger partial charge in [0.1, 0.15) is 0 Å². The van der Waals surface area contributed by atoms with E-state index in [1.165, 1.54) is 15.6 Å². The fraction of sp³-hybridized carbons (Fsp3) is 0.188. The number of rotatable bonds is 4. The molecule has 0 saturated heterocycles. The van der Waals surface area contributed by atoms with Gasteiger partial charge < -0.3 is 5.32 Å². The summed E-state index contributed by atoms with van der Waals surface area (Å²) in [5.41, 5.74) is 2.06. The first-order valence-electron chi connectivity index (χ1n) is 6.52. The zero-order valence-electron chi connectivity index (χ0n) is 11.1. The molecule has 0 saturated carbocycles.